The van der Waals surface area contributed by atoms with Gasteiger partial charge in [0.1, 0.15) is 22.1 Å². The lowest BCUT2D eigenvalue weighted by molar-refractivity contribution is -0.109. The first kappa shape index (κ1) is 22.5. The second kappa shape index (κ2) is 9.05. The first-order chi connectivity index (χ1) is 15.3. The van der Waals surface area contributed by atoms with Crippen LogP contribution < -0.4 is 15.8 Å². The molecule has 1 amide bonds. The molecule has 2 aliphatic rings. The number of ether oxygens (including phenoxy) is 2. The van der Waals surface area contributed by atoms with Crippen LogP contribution in [-0.4, -0.2) is 50.6 Å². The zero-order chi connectivity index (χ0) is 22.8. The number of aromatic nitrogens is 3. The van der Waals surface area contributed by atoms with Gasteiger partial charge in [-0.3, -0.25) is 4.79 Å². The number of rotatable bonds is 5. The molecule has 32 heavy (non-hydrogen) atoms. The molecule has 2 atom stereocenters. The molecule has 1 unspecified atom stereocenters. The lowest BCUT2D eigenvalue weighted by Gasteiger charge is -2.47. The van der Waals surface area contributed by atoms with Crippen LogP contribution in [0.3, 0.4) is 0 Å². The smallest absolute Gasteiger partial charge is 0.277 e. The third kappa shape index (κ3) is 4.72. The summed E-state index contributed by atoms with van der Waals surface area (Å²) in [6.45, 7) is 6.52. The van der Waals surface area contributed by atoms with Crippen molar-refractivity contribution in [1.82, 2.24) is 15.0 Å². The van der Waals surface area contributed by atoms with Crippen molar-refractivity contribution in [1.29, 1.82) is 0 Å². The van der Waals surface area contributed by atoms with E-state index in [9.17, 15) is 4.79 Å². The minimum atomic E-state index is -0.626. The maximum absolute atomic E-state index is 12.6. The molecule has 1 fully saturated rings. The van der Waals surface area contributed by atoms with Gasteiger partial charge in [0.05, 0.1) is 24.6 Å². The van der Waals surface area contributed by atoms with Gasteiger partial charge >= 0.3 is 0 Å². The Morgan fingerprint density at radius 1 is 1.41 bits per heavy atom. The average molecular weight is 473 g/mol. The van der Waals surface area contributed by atoms with Gasteiger partial charge in [-0.05, 0) is 27.2 Å². The van der Waals surface area contributed by atoms with Crippen LogP contribution in [-0.2, 0) is 10.3 Å². The number of amides is 1. The van der Waals surface area contributed by atoms with E-state index in [2.05, 4.69) is 46.0 Å². The quantitative estimate of drug-likeness (QED) is 0.637. The number of thiazole rings is 1. The lowest BCUT2D eigenvalue weighted by Crippen LogP contribution is -2.52. The highest BCUT2D eigenvalue weighted by Gasteiger charge is 2.52. The normalized spacial score (nSPS) is 23.8. The Morgan fingerprint density at radius 2 is 2.25 bits per heavy atom. The van der Waals surface area contributed by atoms with Crippen LogP contribution in [0.5, 0.6) is 5.88 Å². The number of aliphatic imine (C=N–C) groups is 1. The van der Waals surface area contributed by atoms with Gasteiger partial charge < -0.3 is 20.5 Å². The first-order valence-electron chi connectivity index (χ1n) is 10.1. The fourth-order valence-corrected chi connectivity index (χ4v) is 5.62. The Kier molecular flexibility index (Phi) is 6.37. The van der Waals surface area contributed by atoms with Gasteiger partial charge in [0.2, 0.25) is 5.88 Å². The summed E-state index contributed by atoms with van der Waals surface area (Å²) in [6, 6.07) is 0. The van der Waals surface area contributed by atoms with Crippen molar-refractivity contribution >= 4 is 40.0 Å². The molecule has 4 rings (SSSR count). The van der Waals surface area contributed by atoms with Crippen LogP contribution in [0, 0.1) is 17.8 Å². The zero-order valence-electron chi connectivity index (χ0n) is 18.0. The van der Waals surface area contributed by atoms with Crippen LogP contribution in [0.4, 0.5) is 5.82 Å². The number of nitrogens with one attached hydrogen (secondary N) is 1. The number of fused-ring (bicyclic) bond motifs is 1. The monoisotopic (exact) mass is 472 g/mol. The van der Waals surface area contributed by atoms with E-state index in [4.69, 9.17) is 20.2 Å². The van der Waals surface area contributed by atoms with Gasteiger partial charge in [0.25, 0.3) is 5.91 Å². The van der Waals surface area contributed by atoms with Crippen LogP contribution in [0.2, 0.25) is 0 Å². The van der Waals surface area contributed by atoms with Crippen molar-refractivity contribution in [2.75, 3.05) is 24.3 Å². The molecule has 11 heteroatoms. The number of hydrogen-bond donors (Lipinski definition) is 2. The molecular formula is C21H24N6O3S2. The van der Waals surface area contributed by atoms with E-state index in [-0.39, 0.29) is 23.8 Å². The lowest BCUT2D eigenvalue weighted by atomic mass is 9.77. The third-order valence-corrected chi connectivity index (χ3v) is 7.25. The largest absolute Gasteiger partial charge is 0.463 e. The summed E-state index contributed by atoms with van der Waals surface area (Å²) in [5, 5.41) is 5.89. The molecular weight excluding hydrogens is 448 g/mol. The minimum Gasteiger partial charge on any atom is -0.463 e. The van der Waals surface area contributed by atoms with Gasteiger partial charge in [-0.25, -0.2) is 19.9 Å². The summed E-state index contributed by atoms with van der Waals surface area (Å²) in [5.74, 6) is 6.92. The Balaban J connectivity index is 1.49. The van der Waals surface area contributed by atoms with E-state index >= 15 is 0 Å². The highest BCUT2D eigenvalue weighted by molar-refractivity contribution is 8.13. The summed E-state index contributed by atoms with van der Waals surface area (Å²) >= 11 is 3.00. The second-order valence-corrected chi connectivity index (χ2v) is 9.98. The molecule has 0 aliphatic carbocycles. The van der Waals surface area contributed by atoms with Crippen LogP contribution in [0.1, 0.15) is 42.7 Å². The predicted molar refractivity (Wildman–Crippen MR) is 125 cm³/mol. The zero-order valence-corrected chi connectivity index (χ0v) is 19.7. The molecule has 3 N–H and O–H groups in total. The van der Waals surface area contributed by atoms with Crippen molar-refractivity contribution in [2.24, 2.45) is 16.6 Å². The molecule has 4 heterocycles. The fourth-order valence-electron chi connectivity index (χ4n) is 3.66. The van der Waals surface area contributed by atoms with E-state index < -0.39 is 11.4 Å². The number of nitrogens with two attached hydrogens (primary N) is 1. The number of anilines is 1. The molecule has 2 aliphatic heterocycles. The predicted octanol–water partition coefficient (Wildman–Crippen LogP) is 2.66. The average Bonchev–Trinajstić information content (AvgIpc) is 3.23. The number of nitrogens with zero attached hydrogens (tertiary/aromatic N) is 4. The number of hydrogen-bond acceptors (Lipinski definition) is 10. The fraction of sp³-hybridized carbons (Fsp3) is 0.476. The highest BCUT2D eigenvalue weighted by atomic mass is 32.2. The van der Waals surface area contributed by atoms with Crippen LogP contribution in [0.25, 0.3) is 0 Å². The van der Waals surface area contributed by atoms with Gasteiger partial charge in [-0.15, -0.1) is 17.3 Å². The molecule has 2 aromatic rings. The molecule has 9 nitrogen and oxygen atoms in total. The molecule has 0 spiro atoms. The second-order valence-electron chi connectivity index (χ2n) is 8.08. The van der Waals surface area contributed by atoms with E-state index in [1.54, 1.807) is 24.1 Å². The molecule has 0 bridgehead atoms. The minimum absolute atomic E-state index is 0.156. The Morgan fingerprint density at radius 3 is 3.00 bits per heavy atom. The van der Waals surface area contributed by atoms with Crippen molar-refractivity contribution < 1.29 is 14.3 Å². The summed E-state index contributed by atoms with van der Waals surface area (Å²) in [5.41, 5.74) is 5.39. The molecule has 1 saturated heterocycles. The van der Waals surface area contributed by atoms with Crippen molar-refractivity contribution in [3.05, 3.63) is 28.5 Å². The van der Waals surface area contributed by atoms with E-state index in [1.165, 1.54) is 23.7 Å². The molecule has 0 aromatic carbocycles. The number of amidine groups is 1. The standard InChI is InChI=1S/C21H24N6O3S2/c1-4-5-6-29-16-9-23-14(8-24-16)17(28)25-15-11-31-18(26-15)21-12-30-20(2,3)7-13(21)10-32-19(22)27-21/h8-9,11,13H,6-7,10,12H2,1-3H3,(H2,22,27)(H,25,28)/t13?,21-/m1/s1. The molecule has 168 valence electrons. The topological polar surface area (TPSA) is 125 Å². The summed E-state index contributed by atoms with van der Waals surface area (Å²) in [4.78, 5) is 30.2. The number of carbonyl (C=O) groups is 1. The van der Waals surface area contributed by atoms with Crippen molar-refractivity contribution in [2.45, 2.75) is 38.3 Å². The van der Waals surface area contributed by atoms with Crippen molar-refractivity contribution in [3.8, 4) is 17.7 Å². The third-order valence-electron chi connectivity index (χ3n) is 5.28. The summed E-state index contributed by atoms with van der Waals surface area (Å²) < 4.78 is 11.4. The maximum Gasteiger partial charge on any atom is 0.277 e. The molecule has 2 aromatic heterocycles. The first-order valence-corrected chi connectivity index (χ1v) is 11.9. The van der Waals surface area contributed by atoms with Crippen LogP contribution >= 0.6 is 23.1 Å². The maximum atomic E-state index is 12.6. The number of carbonyl (C=O) groups excluding carboxylic acids is 1. The van der Waals surface area contributed by atoms with Crippen molar-refractivity contribution in [3.63, 3.8) is 0 Å². The van der Waals surface area contributed by atoms with Gasteiger partial charge in [0, 0.05) is 17.1 Å². The van der Waals surface area contributed by atoms with E-state index in [0.29, 0.717) is 23.5 Å². The van der Waals surface area contributed by atoms with Gasteiger partial charge in [-0.1, -0.05) is 17.7 Å². The Hall–Kier alpha value is -2.68. The van der Waals surface area contributed by atoms with E-state index in [1.807, 2.05) is 0 Å². The van der Waals surface area contributed by atoms with Gasteiger partial charge in [0.15, 0.2) is 11.8 Å². The number of thioether (sulfide) groups is 1. The Labute approximate surface area is 194 Å². The molecule has 0 radical (unpaired) electrons. The summed E-state index contributed by atoms with van der Waals surface area (Å²) in [6.07, 6.45) is 3.60. The van der Waals surface area contributed by atoms with E-state index in [0.717, 1.165) is 17.2 Å². The Bertz CT molecular complexity index is 1090. The summed E-state index contributed by atoms with van der Waals surface area (Å²) in [7, 11) is 0. The molecule has 0 saturated carbocycles. The highest BCUT2D eigenvalue weighted by Crippen LogP contribution is 2.49. The van der Waals surface area contributed by atoms with Gasteiger partial charge in [-0.2, -0.15) is 0 Å². The SMILES string of the molecule is CC#CCOc1cnc(C(=O)Nc2csc([C@@]34COC(C)(C)CC3CSC(N)=N4)n2)cn1. The van der Waals surface area contributed by atoms with Crippen LogP contribution in [0.15, 0.2) is 22.8 Å².